The van der Waals surface area contributed by atoms with Gasteiger partial charge in [0, 0.05) is 0 Å². The average molecular weight is 283 g/mol. The first-order valence-electron chi connectivity index (χ1n) is 6.63. The summed E-state index contributed by atoms with van der Waals surface area (Å²) in [5, 5.41) is 15.5. The van der Waals surface area contributed by atoms with Crippen LogP contribution in [0.25, 0.3) is 0 Å². The van der Waals surface area contributed by atoms with Crippen LogP contribution in [0, 0.1) is 16.0 Å². The van der Waals surface area contributed by atoms with Gasteiger partial charge in [-0.3, -0.25) is 25.0 Å². The summed E-state index contributed by atoms with van der Waals surface area (Å²) < 4.78 is 1.58. The van der Waals surface area contributed by atoms with E-state index in [0.29, 0.717) is 24.2 Å². The normalized spacial score (nSPS) is 13.8. The Bertz CT molecular complexity index is 511. The van der Waals surface area contributed by atoms with E-state index >= 15 is 0 Å². The number of hydrazine groups is 1. The summed E-state index contributed by atoms with van der Waals surface area (Å²) in [6, 6.07) is -0.313. The molecule has 2 atom stereocenters. The maximum absolute atomic E-state index is 11.6. The molecule has 1 rings (SSSR count). The minimum Gasteiger partial charge on any atom is -0.294 e. The highest BCUT2D eigenvalue weighted by Crippen LogP contribution is 2.29. The van der Waals surface area contributed by atoms with Crippen molar-refractivity contribution >= 4 is 11.6 Å². The van der Waals surface area contributed by atoms with E-state index in [4.69, 9.17) is 5.84 Å². The molecule has 0 spiro atoms. The Balaban J connectivity index is 3.31. The molecular formula is C12H21N5O3. The van der Waals surface area contributed by atoms with Crippen molar-refractivity contribution in [2.75, 3.05) is 0 Å². The van der Waals surface area contributed by atoms with Crippen molar-refractivity contribution in [2.45, 2.75) is 46.6 Å². The van der Waals surface area contributed by atoms with Crippen molar-refractivity contribution in [2.24, 2.45) is 11.8 Å². The molecule has 1 aromatic rings. The average Bonchev–Trinajstić information content (AvgIpc) is 2.83. The summed E-state index contributed by atoms with van der Waals surface area (Å²) in [4.78, 5) is 22.4. The number of nitrogens with one attached hydrogen (secondary N) is 1. The maximum atomic E-state index is 11.6. The lowest BCUT2D eigenvalue weighted by molar-refractivity contribution is -0.386. The van der Waals surface area contributed by atoms with Crippen LogP contribution in [-0.4, -0.2) is 20.6 Å². The van der Waals surface area contributed by atoms with Gasteiger partial charge in [-0.15, -0.1) is 0 Å². The molecule has 0 bridgehead atoms. The zero-order chi connectivity index (χ0) is 15.4. The highest BCUT2D eigenvalue weighted by atomic mass is 16.6. The maximum Gasteiger partial charge on any atom is 0.313 e. The van der Waals surface area contributed by atoms with Gasteiger partial charge < -0.3 is 0 Å². The SMILES string of the molecule is CCc1nn(C(C)C(C)C(=O)NN)c(CC)c1[N+](=O)[O-]. The summed E-state index contributed by atoms with van der Waals surface area (Å²) in [5.74, 6) is 4.37. The zero-order valence-electron chi connectivity index (χ0n) is 12.2. The summed E-state index contributed by atoms with van der Waals surface area (Å²) >= 11 is 0. The Hall–Kier alpha value is -1.96. The molecule has 3 N–H and O–H groups in total. The van der Waals surface area contributed by atoms with Crippen LogP contribution in [0.4, 0.5) is 5.69 Å². The number of nitrogens with two attached hydrogens (primary N) is 1. The first-order valence-corrected chi connectivity index (χ1v) is 6.63. The smallest absolute Gasteiger partial charge is 0.294 e. The van der Waals surface area contributed by atoms with Crippen LogP contribution >= 0.6 is 0 Å². The first kappa shape index (κ1) is 16.1. The first-order chi connectivity index (χ1) is 9.38. The van der Waals surface area contributed by atoms with E-state index in [0.717, 1.165) is 0 Å². The topological polar surface area (TPSA) is 116 Å². The van der Waals surface area contributed by atoms with Gasteiger partial charge in [-0.1, -0.05) is 20.8 Å². The number of rotatable bonds is 6. The lowest BCUT2D eigenvalue weighted by Gasteiger charge is -2.20. The van der Waals surface area contributed by atoms with E-state index in [1.54, 1.807) is 18.5 Å². The molecule has 0 aromatic carbocycles. The molecule has 20 heavy (non-hydrogen) atoms. The zero-order valence-corrected chi connectivity index (χ0v) is 12.2. The summed E-state index contributed by atoms with van der Waals surface area (Å²) in [5.41, 5.74) is 3.14. The molecular weight excluding hydrogens is 262 g/mol. The predicted octanol–water partition coefficient (Wildman–Crippen LogP) is 1.10. The fraction of sp³-hybridized carbons (Fsp3) is 0.667. The van der Waals surface area contributed by atoms with Crippen LogP contribution < -0.4 is 11.3 Å². The number of hydrogen-bond donors (Lipinski definition) is 2. The van der Waals surface area contributed by atoms with E-state index in [1.165, 1.54) is 0 Å². The van der Waals surface area contributed by atoms with Crippen LogP contribution in [0.5, 0.6) is 0 Å². The Labute approximate surface area is 117 Å². The fourth-order valence-electron chi connectivity index (χ4n) is 2.19. The monoisotopic (exact) mass is 283 g/mol. The van der Waals surface area contributed by atoms with Gasteiger partial charge in [0.2, 0.25) is 5.91 Å². The van der Waals surface area contributed by atoms with Crippen molar-refractivity contribution in [1.29, 1.82) is 0 Å². The number of hydrogen-bond acceptors (Lipinski definition) is 5. The third-order valence-corrected chi connectivity index (χ3v) is 3.57. The van der Waals surface area contributed by atoms with Crippen LogP contribution in [0.1, 0.15) is 45.1 Å². The lowest BCUT2D eigenvalue weighted by Crippen LogP contribution is -2.38. The third kappa shape index (κ3) is 2.79. The van der Waals surface area contributed by atoms with E-state index < -0.39 is 10.8 Å². The van der Waals surface area contributed by atoms with Crippen LogP contribution in [-0.2, 0) is 17.6 Å². The summed E-state index contributed by atoms with van der Waals surface area (Å²) in [7, 11) is 0. The van der Waals surface area contributed by atoms with Crippen molar-refractivity contribution in [3.63, 3.8) is 0 Å². The van der Waals surface area contributed by atoms with Gasteiger partial charge in [0.05, 0.1) is 16.9 Å². The molecule has 0 saturated heterocycles. The molecule has 8 heteroatoms. The summed E-state index contributed by atoms with van der Waals surface area (Å²) in [6.45, 7) is 7.17. The van der Waals surface area contributed by atoms with Crippen LogP contribution in [0.2, 0.25) is 0 Å². The van der Waals surface area contributed by atoms with Gasteiger partial charge in [-0.25, -0.2) is 5.84 Å². The molecule has 0 aliphatic rings. The third-order valence-electron chi connectivity index (χ3n) is 3.57. The quantitative estimate of drug-likeness (QED) is 0.351. The molecule has 1 amide bonds. The number of carbonyl (C=O) groups is 1. The number of aromatic nitrogens is 2. The van der Waals surface area contributed by atoms with Crippen molar-refractivity contribution in [3.8, 4) is 0 Å². The highest BCUT2D eigenvalue weighted by molar-refractivity contribution is 5.78. The standard InChI is InChI=1S/C12H21N5O3/c1-5-9-11(17(19)20)10(6-2)16(15-9)8(4)7(3)12(18)14-13/h7-8H,5-6,13H2,1-4H3,(H,14,18). The second-order valence-corrected chi connectivity index (χ2v) is 4.69. The van der Waals surface area contributed by atoms with Crippen LogP contribution in [0.3, 0.4) is 0 Å². The summed E-state index contributed by atoms with van der Waals surface area (Å²) in [6.07, 6.45) is 0.950. The minimum absolute atomic E-state index is 0.0576. The van der Waals surface area contributed by atoms with E-state index in [-0.39, 0.29) is 17.6 Å². The molecule has 112 valence electrons. The van der Waals surface area contributed by atoms with Crippen molar-refractivity contribution in [1.82, 2.24) is 15.2 Å². The molecule has 0 saturated carbocycles. The van der Waals surface area contributed by atoms with Crippen molar-refractivity contribution in [3.05, 3.63) is 21.5 Å². The van der Waals surface area contributed by atoms with E-state index in [1.807, 2.05) is 13.8 Å². The second kappa shape index (κ2) is 6.47. The largest absolute Gasteiger partial charge is 0.313 e. The van der Waals surface area contributed by atoms with Gasteiger partial charge in [0.25, 0.3) is 0 Å². The molecule has 1 heterocycles. The molecule has 0 radical (unpaired) electrons. The highest BCUT2D eigenvalue weighted by Gasteiger charge is 2.30. The fourth-order valence-corrected chi connectivity index (χ4v) is 2.19. The molecule has 8 nitrogen and oxygen atoms in total. The Kier molecular flexibility index (Phi) is 5.20. The Morgan fingerprint density at radius 3 is 2.45 bits per heavy atom. The molecule has 2 unspecified atom stereocenters. The van der Waals surface area contributed by atoms with Gasteiger partial charge in [-0.05, 0) is 19.8 Å². The van der Waals surface area contributed by atoms with E-state index in [9.17, 15) is 14.9 Å². The van der Waals surface area contributed by atoms with Gasteiger partial charge in [0.1, 0.15) is 11.4 Å². The van der Waals surface area contributed by atoms with Gasteiger partial charge in [-0.2, -0.15) is 5.10 Å². The number of nitrogens with zero attached hydrogens (tertiary/aromatic N) is 3. The predicted molar refractivity (Wildman–Crippen MR) is 73.8 cm³/mol. The van der Waals surface area contributed by atoms with Gasteiger partial charge >= 0.3 is 5.69 Å². The number of nitro groups is 1. The molecule has 0 aliphatic heterocycles. The molecule has 1 aromatic heterocycles. The van der Waals surface area contributed by atoms with E-state index in [2.05, 4.69) is 10.5 Å². The number of carbonyl (C=O) groups excluding carboxylic acids is 1. The Morgan fingerprint density at radius 1 is 1.45 bits per heavy atom. The molecule has 0 aliphatic carbocycles. The lowest BCUT2D eigenvalue weighted by atomic mass is 10.0. The number of amides is 1. The number of aryl methyl sites for hydroxylation is 1. The van der Waals surface area contributed by atoms with Gasteiger partial charge in [0.15, 0.2) is 0 Å². The second-order valence-electron chi connectivity index (χ2n) is 4.69. The molecule has 0 fully saturated rings. The van der Waals surface area contributed by atoms with Crippen LogP contribution in [0.15, 0.2) is 0 Å². The minimum atomic E-state index is -0.436. The Morgan fingerprint density at radius 2 is 2.05 bits per heavy atom. The van der Waals surface area contributed by atoms with Crippen molar-refractivity contribution < 1.29 is 9.72 Å².